The number of benzene rings is 1. The molecule has 2 rings (SSSR count). The molecule has 9 heteroatoms. The average Bonchev–Trinajstić information content (AvgIpc) is 2.88. The molecule has 0 spiro atoms. The number of aromatic nitrogens is 3. The van der Waals surface area contributed by atoms with Gasteiger partial charge in [0.15, 0.2) is 5.82 Å². The van der Waals surface area contributed by atoms with Crippen LogP contribution in [0.25, 0.3) is 11.4 Å². The van der Waals surface area contributed by atoms with Crippen molar-refractivity contribution in [1.82, 2.24) is 20.5 Å². The lowest BCUT2D eigenvalue weighted by molar-refractivity contribution is 0.0963. The van der Waals surface area contributed by atoms with Gasteiger partial charge in [-0.3, -0.25) is 4.79 Å². The van der Waals surface area contributed by atoms with Gasteiger partial charge in [0.25, 0.3) is 5.91 Å². The first kappa shape index (κ1) is 14.5. The molecule has 7 nitrogen and oxygen atoms in total. The summed E-state index contributed by atoms with van der Waals surface area (Å²) in [6, 6.07) is 4.62. The summed E-state index contributed by atoms with van der Waals surface area (Å²) in [5.74, 6) is -0.178. The summed E-state index contributed by atoms with van der Waals surface area (Å²) < 4.78 is 22.7. The molecule has 2 N–H and O–H groups in total. The second kappa shape index (κ2) is 5.22. The molecule has 0 saturated carbocycles. The quantitative estimate of drug-likeness (QED) is 0.875. The number of nitrogens with zero attached hydrogens (tertiary/aromatic N) is 2. The fourth-order valence-electron chi connectivity index (χ4n) is 1.51. The van der Waals surface area contributed by atoms with E-state index in [-0.39, 0.29) is 27.5 Å². The zero-order valence-electron chi connectivity index (χ0n) is 10.6. The molecule has 0 saturated heterocycles. The number of hydrogen-bond acceptors (Lipinski definition) is 5. The van der Waals surface area contributed by atoms with Crippen molar-refractivity contribution in [3.63, 3.8) is 0 Å². The van der Waals surface area contributed by atoms with E-state index >= 15 is 0 Å². The Hall–Kier alpha value is -1.93. The molecule has 0 aliphatic heterocycles. The van der Waals surface area contributed by atoms with Crippen molar-refractivity contribution in [1.29, 1.82) is 0 Å². The van der Waals surface area contributed by atoms with Gasteiger partial charge in [-0.25, -0.2) is 13.5 Å². The van der Waals surface area contributed by atoms with Crippen LogP contribution in [-0.2, 0) is 9.84 Å². The molecule has 1 amide bonds. The smallest absolute Gasteiger partial charge is 0.252 e. The number of carbonyl (C=O) groups excluding carboxylic acids is 1. The Bertz CT molecular complexity index is 770. The summed E-state index contributed by atoms with van der Waals surface area (Å²) in [5, 5.41) is 8.67. The van der Waals surface area contributed by atoms with Crippen LogP contribution in [0.5, 0.6) is 0 Å². The van der Waals surface area contributed by atoms with Crippen molar-refractivity contribution in [2.75, 3.05) is 13.3 Å². The fraction of sp³-hybridized carbons (Fsp3) is 0.182. The van der Waals surface area contributed by atoms with Gasteiger partial charge in [-0.05, 0) is 18.2 Å². The molecule has 0 unspecified atom stereocenters. The number of nitrogens with one attached hydrogen (secondary N) is 2. The molecule has 0 aliphatic rings. The van der Waals surface area contributed by atoms with Gasteiger partial charge in [-0.2, -0.15) is 10.1 Å². The minimum absolute atomic E-state index is 0.173. The van der Waals surface area contributed by atoms with E-state index in [0.717, 1.165) is 6.26 Å². The molecule has 1 aromatic heterocycles. The second-order valence-corrected chi connectivity index (χ2v) is 6.35. The molecule has 2 aromatic rings. The summed E-state index contributed by atoms with van der Waals surface area (Å²) in [5.41, 5.74) is 0.747. The molecule has 1 aromatic carbocycles. The third kappa shape index (κ3) is 2.81. The van der Waals surface area contributed by atoms with Crippen molar-refractivity contribution < 1.29 is 13.2 Å². The van der Waals surface area contributed by atoms with Crippen molar-refractivity contribution in [3.8, 4) is 11.4 Å². The molecule has 0 aliphatic carbocycles. The Morgan fingerprint density at radius 3 is 2.65 bits per heavy atom. The monoisotopic (exact) mass is 314 g/mol. The molecule has 1 heterocycles. The van der Waals surface area contributed by atoms with Gasteiger partial charge in [-0.1, -0.05) is 11.6 Å². The lowest BCUT2D eigenvalue weighted by Gasteiger charge is -2.04. The first-order chi connectivity index (χ1) is 9.32. The van der Waals surface area contributed by atoms with Crippen LogP contribution in [0.3, 0.4) is 0 Å². The zero-order valence-corrected chi connectivity index (χ0v) is 12.2. The Morgan fingerprint density at radius 2 is 2.10 bits per heavy atom. The Balaban J connectivity index is 2.49. The van der Waals surface area contributed by atoms with Crippen LogP contribution in [0.1, 0.15) is 10.4 Å². The molecule has 0 bridgehead atoms. The highest BCUT2D eigenvalue weighted by Gasteiger charge is 2.16. The van der Waals surface area contributed by atoms with Gasteiger partial charge in [-0.15, -0.1) is 0 Å². The van der Waals surface area contributed by atoms with Crippen LogP contribution in [0.4, 0.5) is 0 Å². The van der Waals surface area contributed by atoms with E-state index in [1.807, 2.05) is 0 Å². The van der Waals surface area contributed by atoms with Crippen LogP contribution in [-0.4, -0.2) is 42.8 Å². The van der Waals surface area contributed by atoms with E-state index in [1.165, 1.54) is 19.2 Å². The number of amides is 1. The molecular formula is C11H11ClN4O3S. The maximum absolute atomic E-state index is 11.6. The summed E-state index contributed by atoms with van der Waals surface area (Å²) in [4.78, 5) is 15.5. The van der Waals surface area contributed by atoms with Crippen LogP contribution in [0.15, 0.2) is 23.4 Å². The largest absolute Gasteiger partial charge is 0.355 e. The Kier molecular flexibility index (Phi) is 3.78. The van der Waals surface area contributed by atoms with Crippen molar-refractivity contribution in [2.45, 2.75) is 5.16 Å². The van der Waals surface area contributed by atoms with Gasteiger partial charge in [0.1, 0.15) is 0 Å². The summed E-state index contributed by atoms with van der Waals surface area (Å²) in [6.45, 7) is 0. The average molecular weight is 315 g/mol. The zero-order chi connectivity index (χ0) is 14.9. The number of rotatable bonds is 3. The predicted molar refractivity (Wildman–Crippen MR) is 73.3 cm³/mol. The molecule has 106 valence electrons. The van der Waals surface area contributed by atoms with Crippen molar-refractivity contribution in [3.05, 3.63) is 28.8 Å². The minimum Gasteiger partial charge on any atom is -0.355 e. The van der Waals surface area contributed by atoms with Gasteiger partial charge in [0.05, 0.1) is 10.6 Å². The van der Waals surface area contributed by atoms with Crippen LogP contribution >= 0.6 is 11.6 Å². The van der Waals surface area contributed by atoms with Crippen LogP contribution < -0.4 is 5.32 Å². The lowest BCUT2D eigenvalue weighted by Crippen LogP contribution is -2.18. The van der Waals surface area contributed by atoms with Crippen molar-refractivity contribution in [2.24, 2.45) is 0 Å². The van der Waals surface area contributed by atoms with Gasteiger partial charge in [0.2, 0.25) is 15.0 Å². The number of H-pyrrole nitrogens is 1. The minimum atomic E-state index is -3.46. The lowest BCUT2D eigenvalue weighted by atomic mass is 10.1. The van der Waals surface area contributed by atoms with Gasteiger partial charge >= 0.3 is 0 Å². The highest BCUT2D eigenvalue weighted by molar-refractivity contribution is 7.90. The fourth-order valence-corrected chi connectivity index (χ4v) is 2.18. The summed E-state index contributed by atoms with van der Waals surface area (Å²) in [7, 11) is -1.98. The molecular weight excluding hydrogens is 304 g/mol. The normalized spacial score (nSPS) is 11.3. The Labute approximate surface area is 120 Å². The number of halogens is 1. The van der Waals surface area contributed by atoms with E-state index < -0.39 is 9.84 Å². The second-order valence-electron chi connectivity index (χ2n) is 4.01. The maximum atomic E-state index is 11.6. The molecule has 0 fully saturated rings. The SMILES string of the molecule is CNC(=O)c1cc(-c2n[nH]c(S(C)(=O)=O)n2)ccc1Cl. The molecule has 0 radical (unpaired) electrons. The summed E-state index contributed by atoms with van der Waals surface area (Å²) >= 11 is 5.93. The van der Waals surface area contributed by atoms with Gasteiger partial charge in [0, 0.05) is 18.9 Å². The van der Waals surface area contributed by atoms with E-state index in [9.17, 15) is 13.2 Å². The third-order valence-corrected chi connectivity index (χ3v) is 3.73. The highest BCUT2D eigenvalue weighted by Crippen LogP contribution is 2.23. The van der Waals surface area contributed by atoms with Gasteiger partial charge < -0.3 is 5.32 Å². The number of aromatic amines is 1. The third-order valence-electron chi connectivity index (χ3n) is 2.51. The van der Waals surface area contributed by atoms with E-state index in [2.05, 4.69) is 20.5 Å². The molecule has 0 atom stereocenters. The standard InChI is InChI=1S/C11H11ClN4O3S/c1-13-10(17)7-5-6(3-4-8(7)12)9-14-11(16-15-9)20(2,18)19/h3-5H,1-2H3,(H,13,17)(H,14,15,16). The van der Waals surface area contributed by atoms with Crippen LogP contribution in [0.2, 0.25) is 5.02 Å². The summed E-state index contributed by atoms with van der Waals surface area (Å²) in [6.07, 6.45) is 1.02. The van der Waals surface area contributed by atoms with E-state index in [0.29, 0.717) is 5.56 Å². The van der Waals surface area contributed by atoms with E-state index in [1.54, 1.807) is 6.07 Å². The Morgan fingerprint density at radius 1 is 1.40 bits per heavy atom. The maximum Gasteiger partial charge on any atom is 0.252 e. The van der Waals surface area contributed by atoms with Crippen LogP contribution in [0, 0.1) is 0 Å². The molecule has 20 heavy (non-hydrogen) atoms. The highest BCUT2D eigenvalue weighted by atomic mass is 35.5. The predicted octanol–water partition coefficient (Wildman–Crippen LogP) is 0.888. The number of carbonyl (C=O) groups is 1. The number of sulfone groups is 1. The van der Waals surface area contributed by atoms with E-state index in [4.69, 9.17) is 11.6 Å². The van der Waals surface area contributed by atoms with Crippen molar-refractivity contribution >= 4 is 27.3 Å². The first-order valence-electron chi connectivity index (χ1n) is 5.47. The first-order valence-corrected chi connectivity index (χ1v) is 7.74. The number of hydrogen-bond donors (Lipinski definition) is 2. The topological polar surface area (TPSA) is 105 Å².